The number of anilines is 1. The molecular formula is C16H21Cl2N. The molecule has 1 aromatic rings. The molecule has 0 radical (unpaired) electrons. The van der Waals surface area contributed by atoms with Crippen LogP contribution in [0.3, 0.4) is 0 Å². The Bertz CT molecular complexity index is 440. The molecule has 1 saturated heterocycles. The first-order chi connectivity index (χ1) is 9.29. The highest BCUT2D eigenvalue weighted by molar-refractivity contribution is 6.30. The lowest BCUT2D eigenvalue weighted by molar-refractivity contribution is 0.430. The van der Waals surface area contributed by atoms with Gasteiger partial charge in [0.25, 0.3) is 0 Å². The number of nitrogens with zero attached hydrogens (tertiary/aromatic N) is 1. The van der Waals surface area contributed by atoms with E-state index in [1.165, 1.54) is 56.3 Å². The van der Waals surface area contributed by atoms with Gasteiger partial charge in [-0.05, 0) is 55.4 Å². The van der Waals surface area contributed by atoms with Crippen molar-refractivity contribution in [3.63, 3.8) is 0 Å². The lowest BCUT2D eigenvalue weighted by atomic mass is 9.95. The van der Waals surface area contributed by atoms with Crippen molar-refractivity contribution in [3.05, 3.63) is 28.8 Å². The molecule has 1 aliphatic heterocycles. The topological polar surface area (TPSA) is 3.24 Å². The highest BCUT2D eigenvalue weighted by Crippen LogP contribution is 2.39. The Labute approximate surface area is 125 Å². The lowest BCUT2D eigenvalue weighted by Gasteiger charge is -2.32. The SMILES string of the molecule is ClCc1cc(Cl)ccc1N1CCCC1C1CCCC1. The zero-order valence-electron chi connectivity index (χ0n) is 11.2. The summed E-state index contributed by atoms with van der Waals surface area (Å²) in [7, 11) is 0. The van der Waals surface area contributed by atoms with Gasteiger partial charge in [0.1, 0.15) is 0 Å². The summed E-state index contributed by atoms with van der Waals surface area (Å²) in [6, 6.07) is 6.91. The predicted molar refractivity (Wildman–Crippen MR) is 83.3 cm³/mol. The Morgan fingerprint density at radius 1 is 1.11 bits per heavy atom. The van der Waals surface area contributed by atoms with Crippen LogP contribution in [0, 0.1) is 5.92 Å². The Hall–Kier alpha value is -0.400. The molecule has 1 heterocycles. The maximum Gasteiger partial charge on any atom is 0.0495 e. The van der Waals surface area contributed by atoms with Crippen LogP contribution in [0.15, 0.2) is 18.2 Å². The average Bonchev–Trinajstić information content (AvgIpc) is 3.08. The van der Waals surface area contributed by atoms with Crippen LogP contribution in [0.2, 0.25) is 5.02 Å². The molecule has 1 atom stereocenters. The van der Waals surface area contributed by atoms with Crippen LogP contribution >= 0.6 is 23.2 Å². The molecule has 1 aliphatic carbocycles. The average molecular weight is 298 g/mol. The van der Waals surface area contributed by atoms with E-state index >= 15 is 0 Å². The third-order valence-corrected chi connectivity index (χ3v) is 5.26. The first kappa shape index (κ1) is 13.6. The number of alkyl halides is 1. The lowest BCUT2D eigenvalue weighted by Crippen LogP contribution is -2.35. The predicted octanol–water partition coefficient (Wildman–Crippen LogP) is 5.24. The van der Waals surface area contributed by atoms with Crippen LogP contribution in [-0.4, -0.2) is 12.6 Å². The van der Waals surface area contributed by atoms with E-state index in [1.807, 2.05) is 12.1 Å². The van der Waals surface area contributed by atoms with E-state index in [9.17, 15) is 0 Å². The maximum atomic E-state index is 6.10. The van der Waals surface area contributed by atoms with Gasteiger partial charge in [0, 0.05) is 29.2 Å². The molecule has 1 saturated carbocycles. The minimum absolute atomic E-state index is 0.545. The second kappa shape index (κ2) is 5.93. The van der Waals surface area contributed by atoms with Gasteiger partial charge in [0.15, 0.2) is 0 Å². The summed E-state index contributed by atoms with van der Waals surface area (Å²) in [5.74, 6) is 1.44. The smallest absolute Gasteiger partial charge is 0.0495 e. The number of benzene rings is 1. The Kier molecular flexibility index (Phi) is 4.24. The van der Waals surface area contributed by atoms with E-state index < -0.39 is 0 Å². The fraction of sp³-hybridized carbons (Fsp3) is 0.625. The van der Waals surface area contributed by atoms with Gasteiger partial charge in [-0.3, -0.25) is 0 Å². The van der Waals surface area contributed by atoms with Crippen molar-refractivity contribution in [3.8, 4) is 0 Å². The fourth-order valence-electron chi connectivity index (χ4n) is 3.87. The maximum absolute atomic E-state index is 6.10. The van der Waals surface area contributed by atoms with Crippen molar-refractivity contribution in [1.29, 1.82) is 0 Å². The number of rotatable bonds is 3. The Balaban J connectivity index is 1.87. The van der Waals surface area contributed by atoms with Crippen molar-refractivity contribution in [1.82, 2.24) is 0 Å². The second-order valence-electron chi connectivity index (χ2n) is 5.85. The Morgan fingerprint density at radius 2 is 1.89 bits per heavy atom. The van der Waals surface area contributed by atoms with E-state index in [0.29, 0.717) is 5.88 Å². The zero-order valence-corrected chi connectivity index (χ0v) is 12.8. The van der Waals surface area contributed by atoms with E-state index in [0.717, 1.165) is 17.0 Å². The van der Waals surface area contributed by atoms with E-state index in [1.54, 1.807) is 0 Å². The molecule has 0 N–H and O–H groups in total. The summed E-state index contributed by atoms with van der Waals surface area (Å²) < 4.78 is 0. The molecular weight excluding hydrogens is 277 g/mol. The van der Waals surface area contributed by atoms with E-state index in [4.69, 9.17) is 23.2 Å². The third-order valence-electron chi connectivity index (χ3n) is 4.74. The normalized spacial score (nSPS) is 24.3. The first-order valence-corrected chi connectivity index (χ1v) is 8.32. The quantitative estimate of drug-likeness (QED) is 0.690. The van der Waals surface area contributed by atoms with Crippen LogP contribution in [-0.2, 0) is 5.88 Å². The van der Waals surface area contributed by atoms with Gasteiger partial charge >= 0.3 is 0 Å². The molecule has 104 valence electrons. The van der Waals surface area contributed by atoms with Gasteiger partial charge in [-0.1, -0.05) is 24.4 Å². The van der Waals surface area contributed by atoms with Crippen LogP contribution in [0.25, 0.3) is 0 Å². The summed E-state index contributed by atoms with van der Waals surface area (Å²) >= 11 is 12.2. The molecule has 1 aromatic carbocycles. The number of hydrogen-bond donors (Lipinski definition) is 0. The van der Waals surface area contributed by atoms with Gasteiger partial charge in [-0.25, -0.2) is 0 Å². The van der Waals surface area contributed by atoms with Gasteiger partial charge in [-0.2, -0.15) is 0 Å². The first-order valence-electron chi connectivity index (χ1n) is 7.40. The Morgan fingerprint density at radius 3 is 2.63 bits per heavy atom. The standard InChI is InChI=1S/C16H21Cl2N/c17-11-13-10-14(18)7-8-16(13)19-9-3-6-15(19)12-4-1-2-5-12/h7-8,10,12,15H,1-6,9,11H2. The van der Waals surface area contributed by atoms with Gasteiger partial charge in [-0.15, -0.1) is 11.6 Å². The number of hydrogen-bond acceptors (Lipinski definition) is 1. The highest BCUT2D eigenvalue weighted by Gasteiger charge is 2.34. The van der Waals surface area contributed by atoms with Crippen LogP contribution in [0.4, 0.5) is 5.69 Å². The molecule has 3 heteroatoms. The molecule has 2 aliphatic rings. The van der Waals surface area contributed by atoms with Crippen molar-refractivity contribution in [2.45, 2.75) is 50.4 Å². The molecule has 0 aromatic heterocycles. The molecule has 19 heavy (non-hydrogen) atoms. The van der Waals surface area contributed by atoms with Gasteiger partial charge in [0.2, 0.25) is 0 Å². The molecule has 3 rings (SSSR count). The minimum atomic E-state index is 0.545. The molecule has 2 fully saturated rings. The summed E-state index contributed by atoms with van der Waals surface area (Å²) in [6.07, 6.45) is 8.30. The largest absolute Gasteiger partial charge is 0.368 e. The molecule has 0 amide bonds. The van der Waals surface area contributed by atoms with Gasteiger partial charge in [0.05, 0.1) is 0 Å². The molecule has 1 nitrogen and oxygen atoms in total. The summed E-state index contributed by atoms with van der Waals surface area (Å²) in [5.41, 5.74) is 2.49. The fourth-order valence-corrected chi connectivity index (χ4v) is 4.27. The van der Waals surface area contributed by atoms with Crippen molar-refractivity contribution in [2.75, 3.05) is 11.4 Å². The van der Waals surface area contributed by atoms with E-state index in [-0.39, 0.29) is 0 Å². The number of halogens is 2. The van der Waals surface area contributed by atoms with Crippen molar-refractivity contribution < 1.29 is 0 Å². The molecule has 1 unspecified atom stereocenters. The summed E-state index contributed by atoms with van der Waals surface area (Å²) in [6.45, 7) is 1.17. The minimum Gasteiger partial charge on any atom is -0.368 e. The van der Waals surface area contributed by atoms with Crippen molar-refractivity contribution >= 4 is 28.9 Å². The highest BCUT2D eigenvalue weighted by atomic mass is 35.5. The summed E-state index contributed by atoms with van der Waals surface area (Å²) in [5, 5.41) is 0.788. The van der Waals surface area contributed by atoms with Crippen molar-refractivity contribution in [2.24, 2.45) is 5.92 Å². The molecule has 0 bridgehead atoms. The summed E-state index contributed by atoms with van der Waals surface area (Å²) in [4.78, 5) is 2.60. The molecule has 0 spiro atoms. The van der Waals surface area contributed by atoms with Gasteiger partial charge < -0.3 is 4.90 Å². The second-order valence-corrected chi connectivity index (χ2v) is 6.56. The van der Waals surface area contributed by atoms with E-state index in [2.05, 4.69) is 11.0 Å². The van der Waals surface area contributed by atoms with Crippen LogP contribution in [0.1, 0.15) is 44.1 Å². The van der Waals surface area contributed by atoms with Crippen LogP contribution in [0.5, 0.6) is 0 Å². The monoisotopic (exact) mass is 297 g/mol. The van der Waals surface area contributed by atoms with Crippen LogP contribution < -0.4 is 4.90 Å². The zero-order chi connectivity index (χ0) is 13.2. The third kappa shape index (κ3) is 2.73.